The summed E-state index contributed by atoms with van der Waals surface area (Å²) in [6, 6.07) is 0. The lowest BCUT2D eigenvalue weighted by molar-refractivity contribution is 0.0599. The van der Waals surface area contributed by atoms with Gasteiger partial charge in [0.05, 0.1) is 7.11 Å². The van der Waals surface area contributed by atoms with E-state index in [1.54, 1.807) is 0 Å². The molecule has 17 heavy (non-hydrogen) atoms. The van der Waals surface area contributed by atoms with Gasteiger partial charge in [0.1, 0.15) is 16.5 Å². The Bertz CT molecular complexity index is 419. The van der Waals surface area contributed by atoms with Crippen LogP contribution in [0, 0.1) is 0 Å². The van der Waals surface area contributed by atoms with E-state index in [0.29, 0.717) is 19.0 Å². The Morgan fingerprint density at radius 2 is 2.24 bits per heavy atom. The van der Waals surface area contributed by atoms with E-state index in [1.165, 1.54) is 13.3 Å². The monoisotopic (exact) mass is 256 g/mol. The largest absolute Gasteiger partial charge is 0.465 e. The lowest BCUT2D eigenvalue weighted by Gasteiger charge is -2.20. The molecule has 0 amide bonds. The maximum atomic E-state index is 11.3. The van der Waals surface area contributed by atoms with Crippen molar-refractivity contribution in [1.82, 2.24) is 9.97 Å². The SMILES string of the molecule is COC(=O)c1cnc(C2CCOCC2)nc1Cl. The van der Waals surface area contributed by atoms with Crippen LogP contribution in [0.15, 0.2) is 6.20 Å². The number of carbonyl (C=O) groups excluding carboxylic acids is 1. The van der Waals surface area contributed by atoms with E-state index in [0.717, 1.165) is 12.8 Å². The fourth-order valence-corrected chi connectivity index (χ4v) is 1.99. The van der Waals surface area contributed by atoms with Gasteiger partial charge in [-0.1, -0.05) is 11.6 Å². The summed E-state index contributed by atoms with van der Waals surface area (Å²) >= 11 is 5.94. The van der Waals surface area contributed by atoms with Crippen molar-refractivity contribution in [2.45, 2.75) is 18.8 Å². The molecule has 1 aromatic rings. The second kappa shape index (κ2) is 5.42. The molecule has 1 aliphatic rings. The molecule has 0 saturated carbocycles. The molecule has 1 aromatic heterocycles. The van der Waals surface area contributed by atoms with Gasteiger partial charge in [-0.3, -0.25) is 0 Å². The number of esters is 1. The Morgan fingerprint density at radius 3 is 2.82 bits per heavy atom. The minimum atomic E-state index is -0.520. The topological polar surface area (TPSA) is 61.3 Å². The summed E-state index contributed by atoms with van der Waals surface area (Å²) in [4.78, 5) is 19.7. The second-order valence-corrected chi connectivity index (χ2v) is 4.17. The average molecular weight is 257 g/mol. The number of hydrogen-bond donors (Lipinski definition) is 0. The summed E-state index contributed by atoms with van der Waals surface area (Å²) < 4.78 is 9.85. The number of hydrogen-bond acceptors (Lipinski definition) is 5. The molecule has 0 N–H and O–H groups in total. The molecule has 1 aliphatic heterocycles. The summed E-state index contributed by atoms with van der Waals surface area (Å²) in [5.74, 6) is 0.410. The van der Waals surface area contributed by atoms with Gasteiger partial charge in [0.25, 0.3) is 0 Å². The van der Waals surface area contributed by atoms with E-state index in [-0.39, 0.29) is 16.6 Å². The van der Waals surface area contributed by atoms with Crippen molar-refractivity contribution in [3.05, 3.63) is 22.7 Å². The molecular formula is C11H13ClN2O3. The Hall–Kier alpha value is -1.20. The van der Waals surface area contributed by atoms with Crippen LogP contribution in [-0.2, 0) is 9.47 Å². The number of ether oxygens (including phenoxy) is 2. The normalized spacial score (nSPS) is 16.8. The summed E-state index contributed by atoms with van der Waals surface area (Å²) in [6.45, 7) is 1.43. The van der Waals surface area contributed by atoms with Crippen molar-refractivity contribution in [3.8, 4) is 0 Å². The second-order valence-electron chi connectivity index (χ2n) is 3.81. The zero-order valence-corrected chi connectivity index (χ0v) is 10.2. The summed E-state index contributed by atoms with van der Waals surface area (Å²) in [5.41, 5.74) is 0.199. The molecule has 1 saturated heterocycles. The molecule has 0 radical (unpaired) electrons. The van der Waals surface area contributed by atoms with Gasteiger partial charge in [-0.05, 0) is 12.8 Å². The highest BCUT2D eigenvalue weighted by Crippen LogP contribution is 2.25. The first-order valence-electron chi connectivity index (χ1n) is 5.41. The summed E-state index contributed by atoms with van der Waals surface area (Å²) in [6.07, 6.45) is 3.19. The zero-order valence-electron chi connectivity index (χ0n) is 9.48. The number of aromatic nitrogens is 2. The number of rotatable bonds is 2. The van der Waals surface area contributed by atoms with Gasteiger partial charge >= 0.3 is 5.97 Å². The molecular weight excluding hydrogens is 244 g/mol. The minimum absolute atomic E-state index is 0.147. The van der Waals surface area contributed by atoms with Crippen molar-refractivity contribution in [3.63, 3.8) is 0 Å². The predicted molar refractivity (Wildman–Crippen MR) is 61.2 cm³/mol. The van der Waals surface area contributed by atoms with Crippen LogP contribution in [0.2, 0.25) is 5.15 Å². The van der Waals surface area contributed by atoms with Crippen LogP contribution in [0.25, 0.3) is 0 Å². The highest BCUT2D eigenvalue weighted by molar-refractivity contribution is 6.32. The van der Waals surface area contributed by atoms with Crippen LogP contribution in [-0.4, -0.2) is 36.3 Å². The molecule has 1 fully saturated rings. The molecule has 0 spiro atoms. The first-order valence-corrected chi connectivity index (χ1v) is 5.78. The Kier molecular flexibility index (Phi) is 3.91. The van der Waals surface area contributed by atoms with Crippen LogP contribution in [0.1, 0.15) is 34.9 Å². The van der Waals surface area contributed by atoms with Gasteiger partial charge in [0.15, 0.2) is 0 Å². The standard InChI is InChI=1S/C11H13ClN2O3/c1-16-11(15)8-6-13-10(14-9(8)12)7-2-4-17-5-3-7/h6-7H,2-5H2,1H3. The predicted octanol–water partition coefficient (Wildman–Crippen LogP) is 1.81. The number of nitrogens with zero attached hydrogens (tertiary/aromatic N) is 2. The van der Waals surface area contributed by atoms with E-state index >= 15 is 0 Å². The van der Waals surface area contributed by atoms with Crippen molar-refractivity contribution >= 4 is 17.6 Å². The molecule has 0 aromatic carbocycles. The maximum absolute atomic E-state index is 11.3. The first-order chi connectivity index (χ1) is 8.22. The highest BCUT2D eigenvalue weighted by atomic mass is 35.5. The Morgan fingerprint density at radius 1 is 1.53 bits per heavy atom. The van der Waals surface area contributed by atoms with Crippen LogP contribution in [0.4, 0.5) is 0 Å². The van der Waals surface area contributed by atoms with Gasteiger partial charge in [0.2, 0.25) is 0 Å². The third-order valence-electron chi connectivity index (χ3n) is 2.75. The lowest BCUT2D eigenvalue weighted by atomic mass is 9.99. The first kappa shape index (κ1) is 12.3. The molecule has 6 heteroatoms. The van der Waals surface area contributed by atoms with Crippen LogP contribution in [0.5, 0.6) is 0 Å². The van der Waals surface area contributed by atoms with Gasteiger partial charge in [-0.15, -0.1) is 0 Å². The molecule has 92 valence electrons. The third-order valence-corrected chi connectivity index (χ3v) is 3.04. The smallest absolute Gasteiger partial charge is 0.342 e. The molecule has 5 nitrogen and oxygen atoms in total. The van der Waals surface area contributed by atoms with Gasteiger partial charge in [-0.25, -0.2) is 14.8 Å². The van der Waals surface area contributed by atoms with E-state index in [1.807, 2.05) is 0 Å². The van der Waals surface area contributed by atoms with Gasteiger partial charge in [0, 0.05) is 25.3 Å². The van der Waals surface area contributed by atoms with E-state index in [4.69, 9.17) is 16.3 Å². The van der Waals surface area contributed by atoms with Crippen LogP contribution >= 0.6 is 11.6 Å². The Balaban J connectivity index is 2.20. The molecule has 0 aliphatic carbocycles. The van der Waals surface area contributed by atoms with Crippen LogP contribution < -0.4 is 0 Å². The van der Waals surface area contributed by atoms with Crippen molar-refractivity contribution in [2.24, 2.45) is 0 Å². The quantitative estimate of drug-likeness (QED) is 0.597. The summed E-state index contributed by atoms with van der Waals surface area (Å²) in [7, 11) is 1.30. The fourth-order valence-electron chi connectivity index (χ4n) is 1.77. The van der Waals surface area contributed by atoms with Crippen molar-refractivity contribution < 1.29 is 14.3 Å². The maximum Gasteiger partial charge on any atom is 0.342 e. The lowest BCUT2D eigenvalue weighted by Crippen LogP contribution is -2.17. The van der Waals surface area contributed by atoms with E-state index in [2.05, 4.69) is 14.7 Å². The van der Waals surface area contributed by atoms with Crippen molar-refractivity contribution in [1.29, 1.82) is 0 Å². The summed E-state index contributed by atoms with van der Waals surface area (Å²) in [5, 5.41) is 0.147. The molecule has 0 atom stereocenters. The molecule has 2 heterocycles. The van der Waals surface area contributed by atoms with Crippen LogP contribution in [0.3, 0.4) is 0 Å². The molecule has 2 rings (SSSR count). The minimum Gasteiger partial charge on any atom is -0.465 e. The van der Waals surface area contributed by atoms with E-state index in [9.17, 15) is 4.79 Å². The fraction of sp³-hybridized carbons (Fsp3) is 0.545. The van der Waals surface area contributed by atoms with Crippen molar-refractivity contribution in [2.75, 3.05) is 20.3 Å². The molecule has 0 unspecified atom stereocenters. The average Bonchev–Trinajstić information content (AvgIpc) is 2.39. The number of halogens is 1. The number of methoxy groups -OCH3 is 1. The van der Waals surface area contributed by atoms with E-state index < -0.39 is 5.97 Å². The zero-order chi connectivity index (χ0) is 12.3. The van der Waals surface area contributed by atoms with Gasteiger partial charge in [-0.2, -0.15) is 0 Å². The molecule has 0 bridgehead atoms. The Labute approximate surface area is 104 Å². The third kappa shape index (κ3) is 2.73. The van der Waals surface area contributed by atoms with Gasteiger partial charge < -0.3 is 9.47 Å². The number of carbonyl (C=O) groups is 1. The highest BCUT2D eigenvalue weighted by Gasteiger charge is 2.21.